The van der Waals surface area contributed by atoms with Gasteiger partial charge in [0.1, 0.15) is 46.0 Å². The molecule has 0 aliphatic carbocycles. The summed E-state index contributed by atoms with van der Waals surface area (Å²) in [6, 6.07) is 56.7. The van der Waals surface area contributed by atoms with Crippen molar-refractivity contribution in [3.05, 3.63) is 233 Å². The lowest BCUT2D eigenvalue weighted by Gasteiger charge is -2.27. The average Bonchev–Trinajstić information content (AvgIpc) is 1.59. The molecule has 11 aromatic rings. The number of amides is 2. The minimum Gasteiger partial charge on any atom is -0.497 e. The summed E-state index contributed by atoms with van der Waals surface area (Å²) in [5, 5.41) is 9.69. The number of H-pyrrole nitrogens is 2. The summed E-state index contributed by atoms with van der Waals surface area (Å²) >= 11 is 0. The molecule has 8 bridgehead atoms. The smallest absolute Gasteiger partial charge is 0.335 e. The van der Waals surface area contributed by atoms with E-state index in [-0.39, 0.29) is 22.3 Å². The number of benzene rings is 8. The molecule has 0 atom stereocenters. The molecule has 494 valence electrons. The number of nitrogens with zero attached hydrogens (tertiary/aromatic N) is 4. The van der Waals surface area contributed by atoms with E-state index in [2.05, 4.69) is 75.2 Å². The van der Waals surface area contributed by atoms with Crippen molar-refractivity contribution < 1.29 is 57.4 Å². The second kappa shape index (κ2) is 26.7. The summed E-state index contributed by atoms with van der Waals surface area (Å²) in [4.78, 5) is 62.3. The van der Waals surface area contributed by atoms with E-state index in [4.69, 9.17) is 47.9 Å². The van der Waals surface area contributed by atoms with Crippen LogP contribution in [-0.4, -0.2) is 112 Å². The van der Waals surface area contributed by atoms with E-state index in [1.54, 1.807) is 81.1 Å². The molecule has 3 N–H and O–H groups in total. The van der Waals surface area contributed by atoms with Gasteiger partial charge < -0.3 is 57.9 Å². The van der Waals surface area contributed by atoms with Gasteiger partial charge in [0.15, 0.2) is 0 Å². The van der Waals surface area contributed by atoms with Gasteiger partial charge in [-0.25, -0.2) is 14.8 Å². The molecule has 14 rings (SSSR count). The Morgan fingerprint density at radius 2 is 0.830 bits per heavy atom. The number of aromatic amines is 2. The van der Waals surface area contributed by atoms with Crippen LogP contribution in [-0.2, 0) is 0 Å². The minimum absolute atomic E-state index is 0.0744. The van der Waals surface area contributed by atoms with Gasteiger partial charge in [0, 0.05) is 69.4 Å². The number of hydrogen-bond donors (Lipinski definition) is 3. The van der Waals surface area contributed by atoms with Gasteiger partial charge in [-0.15, -0.1) is 0 Å². The van der Waals surface area contributed by atoms with E-state index in [1.165, 1.54) is 19.2 Å². The maximum absolute atomic E-state index is 14.3. The van der Waals surface area contributed by atoms with Gasteiger partial charge in [0.2, 0.25) is 0 Å². The molecule has 3 aliphatic rings. The maximum Gasteiger partial charge on any atom is 0.335 e. The van der Waals surface area contributed by atoms with Crippen LogP contribution in [0.1, 0.15) is 65.0 Å². The number of rotatable bonds is 17. The van der Waals surface area contributed by atoms with E-state index in [9.17, 15) is 19.5 Å². The number of carboxylic acids is 1. The first-order valence-corrected chi connectivity index (χ1v) is 31.7. The number of hydrogen-bond acceptors (Lipinski definition) is 14. The van der Waals surface area contributed by atoms with Crippen molar-refractivity contribution in [3.63, 3.8) is 0 Å². The van der Waals surface area contributed by atoms with Crippen LogP contribution in [0.3, 0.4) is 0 Å². The normalized spacial score (nSPS) is 12.0. The Labute approximate surface area is 575 Å². The highest BCUT2D eigenvalue weighted by Crippen LogP contribution is 2.49. The summed E-state index contributed by atoms with van der Waals surface area (Å²) < 4.78 is 47.8. The number of methoxy groups -OCH3 is 8. The number of aromatic nitrogens is 4. The Balaban J connectivity index is 1.08. The Hall–Kier alpha value is -13.3. The van der Waals surface area contributed by atoms with Gasteiger partial charge >= 0.3 is 5.97 Å². The summed E-state index contributed by atoms with van der Waals surface area (Å²) in [6.07, 6.45) is 7.77. The molecular weight excluding hydrogens is 1260 g/mol. The molecule has 18 nitrogen and oxygen atoms in total. The number of carbonyl (C=O) groups is 3. The number of carbonyl (C=O) groups excluding carboxylic acids is 2. The topological polar surface area (TPSA) is 209 Å². The monoisotopic (exact) mass is 1320 g/mol. The summed E-state index contributed by atoms with van der Waals surface area (Å²) in [5.74, 6) is 9.25. The van der Waals surface area contributed by atoms with Crippen molar-refractivity contribution in [1.82, 2.24) is 24.8 Å². The molecule has 0 fully saturated rings. The molecule has 3 aromatic heterocycles. The van der Waals surface area contributed by atoms with Gasteiger partial charge in [-0.3, -0.25) is 14.5 Å². The van der Waals surface area contributed by atoms with Crippen molar-refractivity contribution in [2.45, 2.75) is 0 Å². The predicted molar refractivity (Wildman–Crippen MR) is 389 cm³/mol. The highest BCUT2D eigenvalue weighted by atomic mass is 16.5. The zero-order valence-electron chi connectivity index (χ0n) is 55.9. The predicted octanol–water partition coefficient (Wildman–Crippen LogP) is 16.9. The second-order valence-corrected chi connectivity index (χ2v) is 23.3. The van der Waals surface area contributed by atoms with Crippen LogP contribution in [0.4, 0.5) is 17.1 Å². The minimum atomic E-state index is -1.10. The van der Waals surface area contributed by atoms with Crippen LogP contribution in [0.2, 0.25) is 0 Å². The molecule has 8 aromatic carbocycles. The Morgan fingerprint density at radius 3 is 1.32 bits per heavy atom. The number of nitrogens with one attached hydrogen (secondary N) is 2. The lowest BCUT2D eigenvalue weighted by atomic mass is 9.92. The van der Waals surface area contributed by atoms with Crippen molar-refractivity contribution in [2.24, 2.45) is 0 Å². The first-order chi connectivity index (χ1) is 48.8. The molecule has 2 amide bonds. The second-order valence-electron chi connectivity index (χ2n) is 23.3. The quantitative estimate of drug-likeness (QED) is 0.0572. The van der Waals surface area contributed by atoms with E-state index in [0.29, 0.717) is 135 Å². The average molecular weight is 1330 g/mol. The maximum atomic E-state index is 14.3. The van der Waals surface area contributed by atoms with Crippen LogP contribution < -0.4 is 42.8 Å². The molecule has 0 spiro atoms. The van der Waals surface area contributed by atoms with Crippen LogP contribution in [0.5, 0.6) is 46.0 Å². The number of carboxylic acid groups (broad SMARTS) is 1. The largest absolute Gasteiger partial charge is 0.497 e. The number of anilines is 3. The van der Waals surface area contributed by atoms with E-state index >= 15 is 0 Å². The van der Waals surface area contributed by atoms with E-state index < -0.39 is 17.8 Å². The fraction of sp³-hybridized carbons (Fsp3) is 0.110. The highest BCUT2D eigenvalue weighted by Gasteiger charge is 2.38. The van der Waals surface area contributed by atoms with Crippen LogP contribution >= 0.6 is 0 Å². The third-order valence-electron chi connectivity index (χ3n) is 18.0. The number of ether oxygens (including phenoxy) is 8. The summed E-state index contributed by atoms with van der Waals surface area (Å²) in [6.45, 7) is 0. The van der Waals surface area contributed by atoms with Crippen LogP contribution in [0.15, 0.2) is 182 Å². The first kappa shape index (κ1) is 64.1. The number of imide groups is 1. The molecule has 0 radical (unpaired) electrons. The third kappa shape index (κ3) is 11.4. The van der Waals surface area contributed by atoms with Gasteiger partial charge in [-0.1, -0.05) is 66.4 Å². The van der Waals surface area contributed by atoms with Crippen LogP contribution in [0.25, 0.3) is 102 Å². The van der Waals surface area contributed by atoms with Crippen molar-refractivity contribution >= 4 is 81.2 Å². The van der Waals surface area contributed by atoms with Gasteiger partial charge in [0.05, 0.1) is 130 Å². The molecule has 3 aliphatic heterocycles. The molecule has 0 unspecified atom stereocenters. The van der Waals surface area contributed by atoms with Gasteiger partial charge in [-0.05, 0) is 162 Å². The van der Waals surface area contributed by atoms with Crippen molar-refractivity contribution in [1.29, 1.82) is 0 Å². The third-order valence-corrected chi connectivity index (χ3v) is 18.0. The fourth-order valence-electron chi connectivity index (χ4n) is 13.1. The molecule has 0 saturated carbocycles. The van der Waals surface area contributed by atoms with E-state index in [0.717, 1.165) is 38.5 Å². The summed E-state index contributed by atoms with van der Waals surface area (Å²) in [5.41, 5.74) is 14.7. The lowest BCUT2D eigenvalue weighted by molar-refractivity contribution is 0.0682. The highest BCUT2D eigenvalue weighted by molar-refractivity contribution is 6.25. The fourth-order valence-corrected chi connectivity index (χ4v) is 13.1. The Morgan fingerprint density at radius 1 is 0.410 bits per heavy atom. The molecule has 0 saturated heterocycles. The summed E-state index contributed by atoms with van der Waals surface area (Å²) in [7, 11) is 14.4. The SMILES string of the molecule is COc1ccc(-c2ccc(N(c3ccc(-c4ccc(OC)cc4OC)cc3)c3c4nc(c(-c5c(OC)cccc5OC)c5ccc([nH]5)c(C#Cc5ccc(-c6ccc(C(=O)O)cc6)c6c5C(=O)N(C)C6=O)c5nc(c(-c6c(OC)cccc6OC)c6ccc3[nH]6)C=C5)C=C4)cc2)c(OC)c1. The van der Waals surface area contributed by atoms with Crippen molar-refractivity contribution in [3.8, 4) is 113 Å². The Kier molecular flexibility index (Phi) is 17.1. The zero-order valence-corrected chi connectivity index (χ0v) is 55.9. The zero-order chi connectivity index (χ0) is 69.5. The molecule has 6 heterocycles. The van der Waals surface area contributed by atoms with Gasteiger partial charge in [0.25, 0.3) is 11.8 Å². The molecular formula is C82H64N6O12. The van der Waals surface area contributed by atoms with Gasteiger partial charge in [-0.2, -0.15) is 0 Å². The first-order valence-electron chi connectivity index (χ1n) is 31.7. The Bertz CT molecular complexity index is 5270. The molecule has 100 heavy (non-hydrogen) atoms. The number of fused-ring (bicyclic) bond motifs is 9. The van der Waals surface area contributed by atoms with Crippen LogP contribution in [0, 0.1) is 11.8 Å². The number of aromatic carboxylic acids is 1. The van der Waals surface area contributed by atoms with Crippen molar-refractivity contribution in [2.75, 3.05) is 68.8 Å². The van der Waals surface area contributed by atoms with E-state index in [1.807, 2.05) is 121 Å². The lowest BCUT2D eigenvalue weighted by Crippen LogP contribution is -2.24. The standard InChI is InChI=1S/C82H64N6O12/c1-87-80(89)73-49(24-32-57(74(73)81(87)90)48-16-18-50(19-17-48)82(91)92)25-33-58-59-36-38-61(83-59)75(77-67(95-4)12-10-13-68(77)96-5)63-40-42-65(85-63)79(66-43-41-64(86-66)76(62-39-37-60(58)84-62)78-69(97-6)14-11-15-70(78)98-7)88(51-26-20-46(21-27-51)55-34-30-53(93-2)44-71(55)99-8)52-28-22-47(23-29-52)56-35-31-54(94-3)45-72(56)100-9/h10-24,26-32,34-45,83,86H,1-9H3,(H,91,92). The molecule has 18 heteroatoms.